The zero-order chi connectivity index (χ0) is 24.0. The second-order valence-electron chi connectivity index (χ2n) is 7.36. The van der Waals surface area contributed by atoms with Crippen molar-refractivity contribution in [1.82, 2.24) is 10.4 Å². The van der Waals surface area contributed by atoms with Crippen molar-refractivity contribution < 1.29 is 28.7 Å². The van der Waals surface area contributed by atoms with Crippen LogP contribution in [-0.4, -0.2) is 49.0 Å². The van der Waals surface area contributed by atoms with Gasteiger partial charge in [-0.3, -0.25) is 29.6 Å². The molecule has 1 saturated heterocycles. The molecule has 0 bridgehead atoms. The number of nitrogens with zero attached hydrogens (tertiary/aromatic N) is 1. The number of ether oxygens (including phenoxy) is 2. The maximum Gasteiger partial charge on any atom is 0.311 e. The molecule has 0 radical (unpaired) electrons. The molecule has 1 aliphatic rings. The average molecular weight is 518 g/mol. The van der Waals surface area contributed by atoms with Crippen LogP contribution in [0.5, 0.6) is 5.75 Å². The lowest BCUT2D eigenvalue weighted by Gasteiger charge is -2.18. The fourth-order valence-corrected chi connectivity index (χ4v) is 3.81. The van der Waals surface area contributed by atoms with Gasteiger partial charge < -0.3 is 14.8 Å². The van der Waals surface area contributed by atoms with E-state index in [1.54, 1.807) is 36.4 Å². The highest BCUT2D eigenvalue weighted by atomic mass is 79.9. The number of halogens is 1. The second kappa shape index (κ2) is 11.0. The molecular formula is C23H24BrN3O6. The Morgan fingerprint density at radius 1 is 1.18 bits per heavy atom. The number of amides is 3. The quantitative estimate of drug-likeness (QED) is 0.520. The summed E-state index contributed by atoms with van der Waals surface area (Å²) in [7, 11) is 1.44. The topological polar surface area (TPSA) is 114 Å². The van der Waals surface area contributed by atoms with Crippen molar-refractivity contribution in [3.8, 4) is 5.75 Å². The third-order valence-corrected chi connectivity index (χ3v) is 5.61. The summed E-state index contributed by atoms with van der Waals surface area (Å²) in [5.74, 6) is -2.55. The van der Waals surface area contributed by atoms with Crippen LogP contribution in [0.4, 0.5) is 5.69 Å². The van der Waals surface area contributed by atoms with E-state index in [2.05, 4.69) is 26.7 Å². The molecule has 174 valence electrons. The van der Waals surface area contributed by atoms with Crippen LogP contribution in [0.2, 0.25) is 0 Å². The Morgan fingerprint density at radius 3 is 2.67 bits per heavy atom. The molecule has 1 fully saturated rings. The Morgan fingerprint density at radius 2 is 1.94 bits per heavy atom. The maximum atomic E-state index is 12.5. The zero-order valence-electron chi connectivity index (χ0n) is 18.2. The van der Waals surface area contributed by atoms with Crippen molar-refractivity contribution in [1.29, 1.82) is 0 Å². The number of carbonyl (C=O) groups is 4. The van der Waals surface area contributed by atoms with Crippen LogP contribution >= 0.6 is 15.9 Å². The van der Waals surface area contributed by atoms with E-state index in [-0.39, 0.29) is 18.5 Å². The van der Waals surface area contributed by atoms with Gasteiger partial charge >= 0.3 is 5.97 Å². The van der Waals surface area contributed by atoms with E-state index < -0.39 is 36.2 Å². The van der Waals surface area contributed by atoms with Gasteiger partial charge in [0.2, 0.25) is 5.91 Å². The maximum absolute atomic E-state index is 12.5. The van der Waals surface area contributed by atoms with E-state index in [0.717, 1.165) is 21.5 Å². The van der Waals surface area contributed by atoms with E-state index in [0.29, 0.717) is 11.4 Å². The molecule has 9 nitrogen and oxygen atoms in total. The van der Waals surface area contributed by atoms with Crippen molar-refractivity contribution >= 4 is 45.3 Å². The first-order chi connectivity index (χ1) is 15.8. The molecule has 0 saturated carbocycles. The summed E-state index contributed by atoms with van der Waals surface area (Å²) in [5, 5.41) is 3.80. The molecule has 1 aliphatic heterocycles. The lowest BCUT2D eigenvalue weighted by molar-refractivity contribution is -0.151. The van der Waals surface area contributed by atoms with Crippen LogP contribution in [0, 0.1) is 5.92 Å². The predicted molar refractivity (Wildman–Crippen MR) is 123 cm³/mol. The smallest absolute Gasteiger partial charge is 0.311 e. The number of benzene rings is 2. The molecule has 10 heteroatoms. The molecule has 2 N–H and O–H groups in total. The number of rotatable bonds is 8. The molecule has 0 spiro atoms. The zero-order valence-corrected chi connectivity index (χ0v) is 19.8. The van der Waals surface area contributed by atoms with Gasteiger partial charge in [0.05, 0.1) is 25.1 Å². The first kappa shape index (κ1) is 24.2. The van der Waals surface area contributed by atoms with Crippen LogP contribution in [0.15, 0.2) is 46.9 Å². The Kier molecular flexibility index (Phi) is 8.05. The fraction of sp³-hybridized carbons (Fsp3) is 0.304. The molecule has 1 heterocycles. The Hall–Kier alpha value is -3.40. The van der Waals surface area contributed by atoms with E-state index in [1.165, 1.54) is 7.11 Å². The van der Waals surface area contributed by atoms with Gasteiger partial charge in [0, 0.05) is 16.6 Å². The normalized spacial score (nSPS) is 15.2. The minimum Gasteiger partial charge on any atom is -0.496 e. The number of hydrogen-bond donors (Lipinski definition) is 2. The second-order valence-corrected chi connectivity index (χ2v) is 8.27. The predicted octanol–water partition coefficient (Wildman–Crippen LogP) is 2.70. The molecule has 1 atom stereocenters. The lowest BCUT2D eigenvalue weighted by atomic mass is 10.1. The summed E-state index contributed by atoms with van der Waals surface area (Å²) < 4.78 is 11.2. The molecule has 3 amide bonds. The van der Waals surface area contributed by atoms with Crippen molar-refractivity contribution in [3.63, 3.8) is 0 Å². The minimum atomic E-state index is -0.790. The number of methoxy groups -OCH3 is 1. The number of aryl methyl sites for hydroxylation is 1. The van der Waals surface area contributed by atoms with Crippen molar-refractivity contribution in [2.24, 2.45) is 5.92 Å². The highest BCUT2D eigenvalue weighted by Gasteiger charge is 2.37. The van der Waals surface area contributed by atoms with E-state index in [9.17, 15) is 19.2 Å². The average Bonchev–Trinajstić information content (AvgIpc) is 3.18. The summed E-state index contributed by atoms with van der Waals surface area (Å²) in [4.78, 5) is 49.4. The highest BCUT2D eigenvalue weighted by Crippen LogP contribution is 2.22. The van der Waals surface area contributed by atoms with Gasteiger partial charge in [-0.05, 0) is 42.3 Å². The first-order valence-electron chi connectivity index (χ1n) is 10.3. The molecule has 0 aromatic heterocycles. The number of nitrogens with one attached hydrogen (secondary N) is 2. The van der Waals surface area contributed by atoms with E-state index in [4.69, 9.17) is 9.47 Å². The van der Waals surface area contributed by atoms with Gasteiger partial charge in [0.25, 0.3) is 11.8 Å². The number of hydrazine groups is 1. The Labute approximate surface area is 199 Å². The molecule has 2 aromatic rings. The Bertz CT molecular complexity index is 1070. The third kappa shape index (κ3) is 6.10. The first-order valence-corrected chi connectivity index (χ1v) is 11.1. The van der Waals surface area contributed by atoms with E-state index >= 15 is 0 Å². The number of carbonyl (C=O) groups excluding carboxylic acids is 4. The number of hydrogen-bond acceptors (Lipinski definition) is 6. The Balaban J connectivity index is 1.52. The summed E-state index contributed by atoms with van der Waals surface area (Å²) >= 11 is 3.39. The molecular weight excluding hydrogens is 494 g/mol. The summed E-state index contributed by atoms with van der Waals surface area (Å²) in [6, 6.07) is 12.1. The number of anilines is 1. The minimum absolute atomic E-state index is 0.0487. The summed E-state index contributed by atoms with van der Waals surface area (Å²) in [6.07, 6.45) is 0.592. The molecule has 3 rings (SSSR count). The standard InChI is InChI=1S/C23H24BrN3O6/c1-3-14-10-16(24)8-9-18(14)25-20(28)13-33-23(31)15-11-21(29)27(12-15)26-22(30)17-6-4-5-7-19(17)32-2/h4-10,15H,3,11-13H2,1-2H3,(H,25,28)(H,26,30)/t15-/m1/s1. The lowest BCUT2D eigenvalue weighted by Crippen LogP contribution is -2.43. The third-order valence-electron chi connectivity index (χ3n) is 5.11. The van der Waals surface area contributed by atoms with Crippen LogP contribution in [0.25, 0.3) is 0 Å². The van der Waals surface area contributed by atoms with Crippen molar-refractivity contribution in [2.45, 2.75) is 19.8 Å². The number of esters is 1. The molecule has 0 aliphatic carbocycles. The number of para-hydroxylation sites is 1. The highest BCUT2D eigenvalue weighted by molar-refractivity contribution is 9.10. The van der Waals surface area contributed by atoms with Crippen LogP contribution in [-0.2, 0) is 25.5 Å². The van der Waals surface area contributed by atoms with E-state index in [1.807, 2.05) is 13.0 Å². The molecule has 0 unspecified atom stereocenters. The van der Waals surface area contributed by atoms with Gasteiger partial charge in [0.15, 0.2) is 6.61 Å². The van der Waals surface area contributed by atoms with Crippen LogP contribution in [0.3, 0.4) is 0 Å². The SMILES string of the molecule is CCc1cc(Br)ccc1NC(=O)COC(=O)[C@@H]1CC(=O)N(NC(=O)c2ccccc2OC)C1. The molecule has 2 aromatic carbocycles. The monoisotopic (exact) mass is 517 g/mol. The summed E-state index contributed by atoms with van der Waals surface area (Å²) in [6.45, 7) is 1.44. The van der Waals surface area contributed by atoms with Gasteiger partial charge in [-0.1, -0.05) is 35.0 Å². The fourth-order valence-electron chi connectivity index (χ4n) is 3.41. The van der Waals surface area contributed by atoms with Gasteiger partial charge in [-0.2, -0.15) is 0 Å². The van der Waals surface area contributed by atoms with Crippen LogP contribution in [0.1, 0.15) is 29.3 Å². The van der Waals surface area contributed by atoms with Gasteiger partial charge in [0.1, 0.15) is 5.75 Å². The van der Waals surface area contributed by atoms with Gasteiger partial charge in [-0.15, -0.1) is 0 Å². The van der Waals surface area contributed by atoms with Gasteiger partial charge in [-0.25, -0.2) is 0 Å². The van der Waals surface area contributed by atoms with Crippen molar-refractivity contribution in [2.75, 3.05) is 25.6 Å². The molecule has 33 heavy (non-hydrogen) atoms. The van der Waals surface area contributed by atoms with Crippen LogP contribution < -0.4 is 15.5 Å². The largest absolute Gasteiger partial charge is 0.496 e. The van der Waals surface area contributed by atoms with Crippen molar-refractivity contribution in [3.05, 3.63) is 58.1 Å². The summed E-state index contributed by atoms with van der Waals surface area (Å²) in [5.41, 5.74) is 4.33.